The molecule has 0 aliphatic carbocycles. The molecule has 0 saturated heterocycles. The van der Waals surface area contributed by atoms with E-state index in [1.807, 2.05) is 6.20 Å². The highest BCUT2D eigenvalue weighted by molar-refractivity contribution is 6.91. The van der Waals surface area contributed by atoms with Crippen LogP contribution in [0.25, 0.3) is 0 Å². The van der Waals surface area contributed by atoms with Crippen LogP contribution in [0.5, 0.6) is 0 Å². The number of carbonyl (C=O) groups excluding carboxylic acids is 1. The van der Waals surface area contributed by atoms with Gasteiger partial charge in [-0.05, 0) is 11.1 Å². The van der Waals surface area contributed by atoms with Crippen LogP contribution in [0.15, 0.2) is 23.0 Å². The quantitative estimate of drug-likeness (QED) is 0.814. The Morgan fingerprint density at radius 2 is 2.00 bits per heavy atom. The molecule has 0 aromatic carbocycles. The van der Waals surface area contributed by atoms with Crippen LogP contribution in [0.1, 0.15) is 27.7 Å². The van der Waals surface area contributed by atoms with E-state index in [0.29, 0.717) is 10.7 Å². The lowest BCUT2D eigenvalue weighted by molar-refractivity contribution is -0.117. The maximum Gasteiger partial charge on any atom is 0.414 e. The van der Waals surface area contributed by atoms with Gasteiger partial charge in [0.1, 0.15) is 14.0 Å². The Balaban J connectivity index is 3.26. The van der Waals surface area contributed by atoms with E-state index in [4.69, 9.17) is 16.3 Å². The predicted octanol–water partition coefficient (Wildman–Crippen LogP) is 3.08. The lowest BCUT2D eigenvalue weighted by Gasteiger charge is -2.49. The first-order chi connectivity index (χ1) is 9.00. The molecule has 1 amide bonds. The molecule has 0 spiro atoms. The van der Waals surface area contributed by atoms with Gasteiger partial charge in [-0.1, -0.05) is 45.5 Å². The lowest BCUT2D eigenvalue weighted by Crippen LogP contribution is -2.64. The summed E-state index contributed by atoms with van der Waals surface area (Å²) in [6, 6.07) is 0. The summed E-state index contributed by atoms with van der Waals surface area (Å²) in [5, 5.41) is 3.04. The van der Waals surface area contributed by atoms with E-state index >= 15 is 0 Å². The molecule has 4 nitrogen and oxygen atoms in total. The highest BCUT2D eigenvalue weighted by Gasteiger charge is 2.47. The van der Waals surface area contributed by atoms with E-state index in [1.54, 1.807) is 13.2 Å². The van der Waals surface area contributed by atoms with Crippen molar-refractivity contribution in [2.45, 2.75) is 45.8 Å². The summed E-state index contributed by atoms with van der Waals surface area (Å²) < 4.78 is 7.51. The number of halogens is 1. The van der Waals surface area contributed by atoms with Gasteiger partial charge in [-0.25, -0.2) is 0 Å². The number of ether oxygens (including phenoxy) is 1. The van der Waals surface area contributed by atoms with Gasteiger partial charge in [-0.15, -0.1) is 0 Å². The molecule has 0 radical (unpaired) electrons. The first kappa shape index (κ1) is 17.2. The molecule has 1 N–H and O–H groups in total. The highest BCUT2D eigenvalue weighted by Crippen LogP contribution is 2.40. The fourth-order valence-corrected chi connectivity index (χ4v) is 4.33. The van der Waals surface area contributed by atoms with Crippen molar-refractivity contribution in [1.29, 1.82) is 0 Å². The summed E-state index contributed by atoms with van der Waals surface area (Å²) in [6.45, 7) is 12.4. The van der Waals surface area contributed by atoms with Crippen LogP contribution in [0.4, 0.5) is 0 Å². The molecule has 0 unspecified atom stereocenters. The number of allylic oxidation sites excluding steroid dienone is 1. The third-order valence-electron chi connectivity index (χ3n) is 4.14. The number of carbonyl (C=O) groups is 1. The summed E-state index contributed by atoms with van der Waals surface area (Å²) >= 11 is 6.36. The van der Waals surface area contributed by atoms with Crippen molar-refractivity contribution in [3.8, 4) is 0 Å². The Hall–Kier alpha value is -0.878. The van der Waals surface area contributed by atoms with Crippen molar-refractivity contribution < 1.29 is 9.53 Å². The second-order valence-electron chi connectivity index (χ2n) is 6.58. The fourth-order valence-electron chi connectivity index (χ4n) is 1.91. The van der Waals surface area contributed by atoms with E-state index in [2.05, 4.69) is 43.6 Å². The van der Waals surface area contributed by atoms with Crippen LogP contribution in [0.3, 0.4) is 0 Å². The van der Waals surface area contributed by atoms with Crippen LogP contribution >= 0.6 is 11.6 Å². The number of rotatable bonds is 3. The molecule has 1 heterocycles. The zero-order valence-electron chi connectivity index (χ0n) is 13.4. The number of hydrogen-bond donors (Lipinski definition) is 1. The van der Waals surface area contributed by atoms with Crippen LogP contribution in [0, 0.1) is 0 Å². The third kappa shape index (κ3) is 3.41. The molecular formula is C13H24BClN2O2Si. The lowest BCUT2D eigenvalue weighted by atomic mass is 9.74. The minimum atomic E-state index is -1.90. The fraction of sp³-hybridized carbons (Fsp3) is 0.615. The smallest absolute Gasteiger partial charge is 0.414 e. The minimum Gasteiger partial charge on any atom is -0.495 e. The van der Waals surface area contributed by atoms with Gasteiger partial charge in [0.15, 0.2) is 0 Å². The molecular weight excluding hydrogens is 291 g/mol. The van der Waals surface area contributed by atoms with Gasteiger partial charge in [0.25, 0.3) is 0 Å². The Labute approximate surface area is 128 Å². The van der Waals surface area contributed by atoms with Gasteiger partial charge in [-0.3, -0.25) is 4.79 Å². The second kappa shape index (κ2) is 5.86. The van der Waals surface area contributed by atoms with E-state index in [9.17, 15) is 4.79 Å². The average Bonchev–Trinajstić information content (AvgIpc) is 2.29. The molecule has 0 fully saturated rings. The van der Waals surface area contributed by atoms with Crippen molar-refractivity contribution in [3.05, 3.63) is 23.0 Å². The first-order valence-electron chi connectivity index (χ1n) is 6.69. The molecule has 1 aliphatic heterocycles. The van der Waals surface area contributed by atoms with Gasteiger partial charge >= 0.3 is 6.98 Å². The standard InChI is InChI=1S/C13H24BClN2O2Si/c1-10(18)16-14-12(15)8-11(19-5)9-17(14)20(6,7)13(2,3)4/h8-9H,1-7H3,(H,16,18). The molecule has 0 aromatic rings. The number of nitrogens with zero attached hydrogens (tertiary/aromatic N) is 1. The molecule has 0 aromatic heterocycles. The van der Waals surface area contributed by atoms with Gasteiger partial charge in [0.05, 0.1) is 7.11 Å². The maximum atomic E-state index is 11.5. The largest absolute Gasteiger partial charge is 0.495 e. The zero-order chi connectivity index (χ0) is 15.7. The number of methoxy groups -OCH3 is 1. The van der Waals surface area contributed by atoms with E-state index in [0.717, 1.165) is 0 Å². The number of amides is 1. The summed E-state index contributed by atoms with van der Waals surface area (Å²) in [7, 11) is -0.277. The van der Waals surface area contributed by atoms with Gasteiger partial charge < -0.3 is 14.4 Å². The summed E-state index contributed by atoms with van der Waals surface area (Å²) in [5.74, 6) is 0.612. The Morgan fingerprint density at radius 1 is 1.45 bits per heavy atom. The van der Waals surface area contributed by atoms with Crippen molar-refractivity contribution in [2.24, 2.45) is 0 Å². The molecule has 7 heteroatoms. The van der Waals surface area contributed by atoms with Crippen molar-refractivity contribution in [2.75, 3.05) is 7.11 Å². The Morgan fingerprint density at radius 3 is 2.40 bits per heavy atom. The second-order valence-corrected chi connectivity index (χ2v) is 12.2. The highest BCUT2D eigenvalue weighted by atomic mass is 35.5. The molecule has 1 rings (SSSR count). The van der Waals surface area contributed by atoms with E-state index < -0.39 is 8.24 Å². The molecule has 1 aliphatic rings. The summed E-state index contributed by atoms with van der Waals surface area (Å²) in [5.41, 5.74) is 0. The van der Waals surface area contributed by atoms with Crippen LogP contribution in [-0.2, 0) is 9.53 Å². The molecule has 20 heavy (non-hydrogen) atoms. The van der Waals surface area contributed by atoms with Crippen molar-refractivity contribution in [1.82, 2.24) is 9.70 Å². The first-order valence-corrected chi connectivity index (χ1v) is 10.0. The van der Waals surface area contributed by atoms with Crippen molar-refractivity contribution >= 4 is 32.7 Å². The minimum absolute atomic E-state index is 0.0977. The van der Waals surface area contributed by atoms with Gasteiger partial charge in [0, 0.05) is 18.1 Å². The maximum absolute atomic E-state index is 11.5. The van der Waals surface area contributed by atoms with E-state index in [-0.39, 0.29) is 17.9 Å². The SMILES string of the molecule is COC1=CN([Si](C)(C)C(C)(C)C)B(NC(C)=O)C(Cl)=C1. The van der Waals surface area contributed by atoms with Gasteiger partial charge in [0.2, 0.25) is 5.91 Å². The number of nitrogens with one attached hydrogen (secondary N) is 1. The van der Waals surface area contributed by atoms with Gasteiger partial charge in [-0.2, -0.15) is 0 Å². The molecule has 0 atom stereocenters. The summed E-state index contributed by atoms with van der Waals surface area (Å²) in [4.78, 5) is 12.0. The Kier molecular flexibility index (Phi) is 5.03. The molecule has 112 valence electrons. The third-order valence-corrected chi connectivity index (χ3v) is 9.81. The number of hydrogen-bond acceptors (Lipinski definition) is 3. The molecule has 0 saturated carbocycles. The Bertz CT molecular complexity index is 458. The topological polar surface area (TPSA) is 41.6 Å². The monoisotopic (exact) mass is 314 g/mol. The zero-order valence-corrected chi connectivity index (χ0v) is 15.1. The average molecular weight is 315 g/mol. The molecule has 0 bridgehead atoms. The van der Waals surface area contributed by atoms with Crippen LogP contribution in [0.2, 0.25) is 18.1 Å². The summed E-state index contributed by atoms with van der Waals surface area (Å²) in [6.07, 6.45) is 3.72. The predicted molar refractivity (Wildman–Crippen MR) is 87.6 cm³/mol. The van der Waals surface area contributed by atoms with Crippen LogP contribution < -0.4 is 5.23 Å². The normalized spacial score (nSPS) is 16.6. The van der Waals surface area contributed by atoms with E-state index in [1.165, 1.54) is 6.92 Å². The van der Waals surface area contributed by atoms with Crippen molar-refractivity contribution in [3.63, 3.8) is 0 Å². The van der Waals surface area contributed by atoms with Crippen LogP contribution in [-0.4, -0.2) is 32.7 Å².